The van der Waals surface area contributed by atoms with Crippen LogP contribution in [0.2, 0.25) is 0 Å². The lowest BCUT2D eigenvalue weighted by molar-refractivity contribution is -0.129. The maximum atomic E-state index is 11.4. The minimum Gasteiger partial charge on any atom is -0.390 e. The zero-order valence-corrected chi connectivity index (χ0v) is 12.6. The smallest absolute Gasteiger partial charge is 0.219 e. The van der Waals surface area contributed by atoms with Gasteiger partial charge in [0.25, 0.3) is 0 Å². The van der Waals surface area contributed by atoms with Crippen molar-refractivity contribution in [3.05, 3.63) is 23.5 Å². The predicted molar refractivity (Wildman–Crippen MR) is 78.4 cm³/mol. The van der Waals surface area contributed by atoms with Gasteiger partial charge in [-0.05, 0) is 18.6 Å². The number of aliphatic hydroxyl groups is 1. The molecule has 0 radical (unpaired) electrons. The SMILES string of the molecule is CCn1cc(CN2CCN(C(C)=O)CC(O)C2)cc1C#N. The lowest BCUT2D eigenvalue weighted by Gasteiger charge is -2.20. The van der Waals surface area contributed by atoms with Gasteiger partial charge in [-0.3, -0.25) is 9.69 Å². The quantitative estimate of drug-likeness (QED) is 0.875. The van der Waals surface area contributed by atoms with Gasteiger partial charge < -0.3 is 14.6 Å². The summed E-state index contributed by atoms with van der Waals surface area (Å²) in [5.74, 6) is -0.000183. The first-order valence-electron chi connectivity index (χ1n) is 7.28. The van der Waals surface area contributed by atoms with Gasteiger partial charge in [-0.1, -0.05) is 0 Å². The highest BCUT2D eigenvalue weighted by Gasteiger charge is 2.22. The van der Waals surface area contributed by atoms with Crippen molar-refractivity contribution in [3.63, 3.8) is 0 Å². The second kappa shape index (κ2) is 6.74. The fourth-order valence-corrected chi connectivity index (χ4v) is 2.75. The summed E-state index contributed by atoms with van der Waals surface area (Å²) in [5, 5.41) is 19.1. The zero-order valence-electron chi connectivity index (χ0n) is 12.6. The molecule has 0 spiro atoms. The number of rotatable bonds is 3. The summed E-state index contributed by atoms with van der Waals surface area (Å²) >= 11 is 0. The number of β-amino-alcohol motifs (C(OH)–C–C–N with tert-alkyl or cyclic N) is 1. The average Bonchev–Trinajstić information content (AvgIpc) is 2.74. The molecule has 1 saturated heterocycles. The van der Waals surface area contributed by atoms with Crippen LogP contribution < -0.4 is 0 Å². The number of hydrogen-bond acceptors (Lipinski definition) is 4. The van der Waals surface area contributed by atoms with Gasteiger partial charge >= 0.3 is 0 Å². The Bertz CT molecular complexity index is 546. The maximum absolute atomic E-state index is 11.4. The van der Waals surface area contributed by atoms with E-state index in [0.717, 1.165) is 18.7 Å². The number of aliphatic hydroxyl groups excluding tert-OH is 1. The van der Waals surface area contributed by atoms with Gasteiger partial charge in [0, 0.05) is 52.4 Å². The molecule has 1 unspecified atom stereocenters. The van der Waals surface area contributed by atoms with Crippen LogP contribution in [0, 0.1) is 11.3 Å². The number of carbonyl (C=O) groups is 1. The molecule has 0 bridgehead atoms. The molecular formula is C15H22N4O2. The predicted octanol–water partition coefficient (Wildman–Crippen LogP) is 0.405. The van der Waals surface area contributed by atoms with Crippen molar-refractivity contribution < 1.29 is 9.90 Å². The molecule has 1 aromatic heterocycles. The van der Waals surface area contributed by atoms with Gasteiger partial charge in [0.15, 0.2) is 0 Å². The number of nitriles is 1. The van der Waals surface area contributed by atoms with Gasteiger partial charge in [0.2, 0.25) is 5.91 Å². The Balaban J connectivity index is 2.04. The molecule has 1 fully saturated rings. The summed E-state index contributed by atoms with van der Waals surface area (Å²) in [7, 11) is 0. The van der Waals surface area contributed by atoms with Crippen molar-refractivity contribution in [2.45, 2.75) is 33.0 Å². The van der Waals surface area contributed by atoms with Gasteiger partial charge in [-0.2, -0.15) is 5.26 Å². The van der Waals surface area contributed by atoms with Gasteiger partial charge in [0.05, 0.1) is 6.10 Å². The molecule has 6 nitrogen and oxygen atoms in total. The highest BCUT2D eigenvalue weighted by Crippen LogP contribution is 2.13. The Kier molecular flexibility index (Phi) is 4.99. The number of nitrogens with zero attached hydrogens (tertiary/aromatic N) is 4. The Hall–Kier alpha value is -1.84. The molecule has 1 atom stereocenters. The third-order valence-corrected chi connectivity index (χ3v) is 3.85. The fraction of sp³-hybridized carbons (Fsp3) is 0.600. The Morgan fingerprint density at radius 2 is 2.24 bits per heavy atom. The molecule has 0 saturated carbocycles. The first-order valence-corrected chi connectivity index (χ1v) is 7.28. The standard InChI is InChI=1S/C15H22N4O2/c1-3-18-9-13(6-14(18)7-16)8-17-4-5-19(12(2)20)11-15(21)10-17/h6,9,15,21H,3-5,8,10-11H2,1-2H3. The Labute approximate surface area is 125 Å². The zero-order chi connectivity index (χ0) is 15.4. The van der Waals surface area contributed by atoms with Crippen LogP contribution >= 0.6 is 0 Å². The van der Waals surface area contributed by atoms with E-state index in [1.807, 2.05) is 23.8 Å². The molecule has 21 heavy (non-hydrogen) atoms. The average molecular weight is 290 g/mol. The molecule has 6 heteroatoms. The first kappa shape index (κ1) is 15.5. The summed E-state index contributed by atoms with van der Waals surface area (Å²) in [4.78, 5) is 15.3. The van der Waals surface area contributed by atoms with E-state index in [1.54, 1.807) is 4.90 Å². The Morgan fingerprint density at radius 1 is 1.48 bits per heavy atom. The third kappa shape index (κ3) is 3.84. The monoisotopic (exact) mass is 290 g/mol. The minimum atomic E-state index is -0.528. The molecule has 1 aliphatic heterocycles. The van der Waals surface area contributed by atoms with Crippen LogP contribution in [0.3, 0.4) is 0 Å². The van der Waals surface area contributed by atoms with Crippen LogP contribution in [0.1, 0.15) is 25.1 Å². The maximum Gasteiger partial charge on any atom is 0.219 e. The van der Waals surface area contributed by atoms with E-state index in [4.69, 9.17) is 5.26 Å². The molecule has 1 aliphatic rings. The van der Waals surface area contributed by atoms with Crippen molar-refractivity contribution in [3.8, 4) is 6.07 Å². The topological polar surface area (TPSA) is 72.5 Å². The van der Waals surface area contributed by atoms with Gasteiger partial charge in [-0.25, -0.2) is 0 Å². The Morgan fingerprint density at radius 3 is 2.81 bits per heavy atom. The molecule has 1 N–H and O–H groups in total. The van der Waals surface area contributed by atoms with E-state index < -0.39 is 6.10 Å². The molecule has 1 amide bonds. The van der Waals surface area contributed by atoms with Crippen molar-refractivity contribution in [2.24, 2.45) is 0 Å². The minimum absolute atomic E-state index is 0.000183. The lowest BCUT2D eigenvalue weighted by Crippen LogP contribution is -2.36. The van der Waals surface area contributed by atoms with E-state index >= 15 is 0 Å². The molecule has 0 aromatic carbocycles. The summed E-state index contributed by atoms with van der Waals surface area (Å²) in [5.41, 5.74) is 1.73. The summed E-state index contributed by atoms with van der Waals surface area (Å²) in [6, 6.07) is 4.08. The summed E-state index contributed by atoms with van der Waals surface area (Å²) < 4.78 is 1.92. The third-order valence-electron chi connectivity index (χ3n) is 3.85. The van der Waals surface area contributed by atoms with E-state index in [1.165, 1.54) is 6.92 Å². The number of hydrogen-bond donors (Lipinski definition) is 1. The number of aromatic nitrogens is 1. The van der Waals surface area contributed by atoms with E-state index in [0.29, 0.717) is 31.9 Å². The van der Waals surface area contributed by atoms with E-state index in [-0.39, 0.29) is 5.91 Å². The van der Waals surface area contributed by atoms with Crippen LogP contribution in [-0.2, 0) is 17.9 Å². The van der Waals surface area contributed by atoms with Crippen LogP contribution in [-0.4, -0.2) is 57.7 Å². The van der Waals surface area contributed by atoms with Crippen LogP contribution in [0.25, 0.3) is 0 Å². The highest BCUT2D eigenvalue weighted by molar-refractivity contribution is 5.73. The van der Waals surface area contributed by atoms with Crippen molar-refractivity contribution in [2.75, 3.05) is 26.2 Å². The lowest BCUT2D eigenvalue weighted by atomic mass is 10.2. The van der Waals surface area contributed by atoms with Gasteiger partial charge in [-0.15, -0.1) is 0 Å². The molecule has 0 aliphatic carbocycles. The molecule has 114 valence electrons. The molecule has 2 rings (SSSR count). The first-order chi connectivity index (χ1) is 10.0. The molecular weight excluding hydrogens is 268 g/mol. The molecule has 2 heterocycles. The number of amides is 1. The highest BCUT2D eigenvalue weighted by atomic mass is 16.3. The summed E-state index contributed by atoms with van der Waals surface area (Å²) in [6.07, 6.45) is 1.46. The fourth-order valence-electron chi connectivity index (χ4n) is 2.75. The summed E-state index contributed by atoms with van der Waals surface area (Å²) in [6.45, 7) is 7.29. The van der Waals surface area contributed by atoms with Crippen molar-refractivity contribution in [1.82, 2.24) is 14.4 Å². The van der Waals surface area contributed by atoms with Crippen LogP contribution in [0.4, 0.5) is 0 Å². The van der Waals surface area contributed by atoms with Crippen molar-refractivity contribution >= 4 is 5.91 Å². The van der Waals surface area contributed by atoms with Crippen molar-refractivity contribution in [1.29, 1.82) is 5.26 Å². The second-order valence-electron chi connectivity index (χ2n) is 5.49. The largest absolute Gasteiger partial charge is 0.390 e. The second-order valence-corrected chi connectivity index (χ2v) is 5.49. The number of aryl methyl sites for hydroxylation is 1. The molecule has 1 aromatic rings. The van der Waals surface area contributed by atoms with Crippen LogP contribution in [0.5, 0.6) is 0 Å². The number of carbonyl (C=O) groups excluding carboxylic acids is 1. The van der Waals surface area contributed by atoms with Crippen LogP contribution in [0.15, 0.2) is 12.3 Å². The van der Waals surface area contributed by atoms with E-state index in [2.05, 4.69) is 11.0 Å². The van der Waals surface area contributed by atoms with Gasteiger partial charge in [0.1, 0.15) is 11.8 Å². The van der Waals surface area contributed by atoms with E-state index in [9.17, 15) is 9.90 Å². The normalized spacial score (nSPS) is 20.1.